The van der Waals surface area contributed by atoms with Crippen LogP contribution in [-0.2, 0) is 15.4 Å². The molecule has 1 aliphatic heterocycles. The van der Waals surface area contributed by atoms with Crippen LogP contribution in [0.25, 0.3) is 0 Å². The number of alkyl halides is 6. The SMILES string of the molecule is O=C(O)N1CCN(c2ccc(C(O)(C(F)(F)F)C(F)(F)F)cc2)[C@@H](CS(=O)(=O)c2ccccc2)C1. The van der Waals surface area contributed by atoms with Gasteiger partial charge in [-0.2, -0.15) is 26.3 Å². The van der Waals surface area contributed by atoms with E-state index in [0.29, 0.717) is 12.1 Å². The predicted molar refractivity (Wildman–Crippen MR) is 112 cm³/mol. The summed E-state index contributed by atoms with van der Waals surface area (Å²) in [5.41, 5.74) is -6.49. The molecule has 192 valence electrons. The number of sulfone groups is 1. The number of benzene rings is 2. The van der Waals surface area contributed by atoms with Crippen molar-refractivity contribution in [2.45, 2.75) is 28.9 Å². The van der Waals surface area contributed by atoms with Gasteiger partial charge in [0.15, 0.2) is 9.84 Å². The van der Waals surface area contributed by atoms with Crippen molar-refractivity contribution in [3.8, 4) is 0 Å². The average Bonchev–Trinajstić information content (AvgIpc) is 2.77. The minimum atomic E-state index is -6.05. The molecule has 3 rings (SSSR count). The summed E-state index contributed by atoms with van der Waals surface area (Å²) in [6, 6.07) is 9.02. The van der Waals surface area contributed by atoms with E-state index in [4.69, 9.17) is 0 Å². The number of anilines is 1. The predicted octanol–water partition coefficient (Wildman–Crippen LogP) is 3.64. The van der Waals surface area contributed by atoms with E-state index in [9.17, 15) is 49.8 Å². The van der Waals surface area contributed by atoms with Crippen molar-refractivity contribution in [2.24, 2.45) is 0 Å². The van der Waals surface area contributed by atoms with Crippen LogP contribution in [0.2, 0.25) is 0 Å². The first-order chi connectivity index (χ1) is 16.1. The molecule has 1 heterocycles. The molecular weight excluding hydrogens is 506 g/mol. The van der Waals surface area contributed by atoms with Crippen molar-refractivity contribution in [1.82, 2.24) is 4.90 Å². The summed E-state index contributed by atoms with van der Waals surface area (Å²) < 4.78 is 105. The number of carbonyl (C=O) groups is 1. The van der Waals surface area contributed by atoms with E-state index in [2.05, 4.69) is 0 Å². The van der Waals surface area contributed by atoms with Gasteiger partial charge in [0.05, 0.1) is 16.7 Å². The van der Waals surface area contributed by atoms with Gasteiger partial charge < -0.3 is 20.0 Å². The third kappa shape index (κ3) is 5.17. The molecule has 0 spiro atoms. The van der Waals surface area contributed by atoms with Crippen LogP contribution in [0.4, 0.5) is 36.8 Å². The molecule has 0 unspecified atom stereocenters. The van der Waals surface area contributed by atoms with Crippen LogP contribution < -0.4 is 4.90 Å². The lowest BCUT2D eigenvalue weighted by molar-refractivity contribution is -0.376. The van der Waals surface area contributed by atoms with Crippen LogP contribution in [0.3, 0.4) is 0 Å². The topological polar surface area (TPSA) is 98.2 Å². The number of hydrogen-bond acceptors (Lipinski definition) is 5. The molecule has 2 aromatic rings. The van der Waals surface area contributed by atoms with Gasteiger partial charge >= 0.3 is 18.4 Å². The maximum Gasteiger partial charge on any atom is 0.430 e. The number of rotatable bonds is 5. The highest BCUT2D eigenvalue weighted by atomic mass is 32.2. The van der Waals surface area contributed by atoms with Crippen molar-refractivity contribution in [2.75, 3.05) is 30.3 Å². The Hall–Kier alpha value is -3.00. The highest BCUT2D eigenvalue weighted by Gasteiger charge is 2.71. The highest BCUT2D eigenvalue weighted by Crippen LogP contribution is 2.50. The molecule has 0 bridgehead atoms. The summed E-state index contributed by atoms with van der Waals surface area (Å²) in [6.07, 6.45) is -13.4. The second-order valence-corrected chi connectivity index (χ2v) is 9.96. The van der Waals surface area contributed by atoms with E-state index in [1.54, 1.807) is 6.07 Å². The number of aliphatic hydroxyl groups is 1. The van der Waals surface area contributed by atoms with Gasteiger partial charge in [-0.05, 0) is 24.3 Å². The van der Waals surface area contributed by atoms with Gasteiger partial charge in [-0.25, -0.2) is 13.2 Å². The maximum absolute atomic E-state index is 13.2. The second-order valence-electron chi connectivity index (χ2n) is 7.92. The fraction of sp³-hybridized carbons (Fsp3) is 0.381. The fourth-order valence-corrected chi connectivity index (χ4v) is 5.43. The Kier molecular flexibility index (Phi) is 7.01. The van der Waals surface area contributed by atoms with Gasteiger partial charge in [0.1, 0.15) is 0 Å². The van der Waals surface area contributed by atoms with Crippen LogP contribution in [0.15, 0.2) is 59.5 Å². The van der Waals surface area contributed by atoms with Gasteiger partial charge in [0.25, 0.3) is 5.60 Å². The Labute approximate surface area is 196 Å². The zero-order valence-electron chi connectivity index (χ0n) is 17.8. The number of carboxylic acid groups (broad SMARTS) is 1. The molecule has 14 heteroatoms. The highest BCUT2D eigenvalue weighted by molar-refractivity contribution is 7.91. The van der Waals surface area contributed by atoms with Crippen LogP contribution in [0.5, 0.6) is 0 Å². The summed E-state index contributed by atoms with van der Waals surface area (Å²) in [4.78, 5) is 13.8. The van der Waals surface area contributed by atoms with Gasteiger partial charge in [-0.3, -0.25) is 0 Å². The quantitative estimate of drug-likeness (QED) is 0.578. The minimum Gasteiger partial charge on any atom is -0.465 e. The minimum absolute atomic E-state index is 0.0248. The number of halogens is 6. The first-order valence-corrected chi connectivity index (χ1v) is 11.7. The van der Waals surface area contributed by atoms with Crippen LogP contribution in [-0.4, -0.2) is 73.4 Å². The Morgan fingerprint density at radius 1 is 0.914 bits per heavy atom. The molecule has 0 saturated carbocycles. The van der Waals surface area contributed by atoms with Crippen molar-refractivity contribution < 1.29 is 49.8 Å². The molecule has 1 fully saturated rings. The third-order valence-electron chi connectivity index (χ3n) is 5.70. The molecule has 1 amide bonds. The lowest BCUT2D eigenvalue weighted by Crippen LogP contribution is -2.57. The van der Waals surface area contributed by atoms with Crippen molar-refractivity contribution in [3.63, 3.8) is 0 Å². The molecular formula is C21H20F6N2O5S. The van der Waals surface area contributed by atoms with Crippen molar-refractivity contribution >= 4 is 21.6 Å². The Morgan fingerprint density at radius 2 is 1.46 bits per heavy atom. The molecule has 35 heavy (non-hydrogen) atoms. The molecule has 0 aromatic heterocycles. The summed E-state index contributed by atoms with van der Waals surface area (Å²) in [6.45, 7) is -0.407. The van der Waals surface area contributed by atoms with E-state index in [0.717, 1.165) is 17.0 Å². The van der Waals surface area contributed by atoms with Gasteiger partial charge in [-0.15, -0.1) is 0 Å². The maximum atomic E-state index is 13.2. The lowest BCUT2D eigenvalue weighted by atomic mass is 9.92. The summed E-state index contributed by atoms with van der Waals surface area (Å²) in [7, 11) is -3.92. The zero-order chi connectivity index (χ0) is 26.2. The number of hydrogen-bond donors (Lipinski definition) is 2. The molecule has 0 aliphatic carbocycles. The first-order valence-electron chi connectivity index (χ1n) is 10.1. The normalized spacial score (nSPS) is 18.0. The van der Waals surface area contributed by atoms with E-state index in [1.807, 2.05) is 0 Å². The molecule has 2 N–H and O–H groups in total. The number of nitrogens with zero attached hydrogens (tertiary/aromatic N) is 2. The van der Waals surface area contributed by atoms with Crippen molar-refractivity contribution in [3.05, 3.63) is 60.2 Å². The molecule has 7 nitrogen and oxygen atoms in total. The van der Waals surface area contributed by atoms with Crippen molar-refractivity contribution in [1.29, 1.82) is 0 Å². The van der Waals surface area contributed by atoms with Gasteiger partial charge in [0.2, 0.25) is 0 Å². The molecule has 1 atom stereocenters. The molecule has 1 aliphatic rings. The monoisotopic (exact) mass is 526 g/mol. The van der Waals surface area contributed by atoms with E-state index < -0.39 is 51.2 Å². The van der Waals surface area contributed by atoms with Gasteiger partial charge in [-0.1, -0.05) is 30.3 Å². The summed E-state index contributed by atoms with van der Waals surface area (Å²) in [5.74, 6) is -0.558. The second kappa shape index (κ2) is 9.22. The zero-order valence-corrected chi connectivity index (χ0v) is 18.6. The van der Waals surface area contributed by atoms with E-state index in [-0.39, 0.29) is 30.2 Å². The lowest BCUT2D eigenvalue weighted by Gasteiger charge is -2.42. The average molecular weight is 526 g/mol. The van der Waals surface area contributed by atoms with Gasteiger partial charge in [0, 0.05) is 30.9 Å². The first kappa shape index (κ1) is 26.6. The van der Waals surface area contributed by atoms with E-state index >= 15 is 0 Å². The molecule has 1 saturated heterocycles. The fourth-order valence-electron chi connectivity index (χ4n) is 3.87. The number of piperazine rings is 1. The Morgan fingerprint density at radius 3 is 1.94 bits per heavy atom. The standard InChI is InChI=1S/C21H20F6N2O5S/c22-20(23,24)19(32,21(25,26)27)14-6-8-15(9-7-14)29-11-10-28(18(30)31)12-16(29)13-35(33,34)17-4-2-1-3-5-17/h1-9,16,32H,10-13H2,(H,30,31)/t16-/m1/s1. The van der Waals surface area contributed by atoms with Crippen LogP contribution in [0.1, 0.15) is 5.56 Å². The van der Waals surface area contributed by atoms with Crippen LogP contribution >= 0.6 is 0 Å². The summed E-state index contributed by atoms with van der Waals surface area (Å²) >= 11 is 0. The summed E-state index contributed by atoms with van der Waals surface area (Å²) in [5, 5.41) is 18.9. The molecule has 0 radical (unpaired) electrons. The smallest absolute Gasteiger partial charge is 0.430 e. The van der Waals surface area contributed by atoms with E-state index in [1.165, 1.54) is 29.2 Å². The molecule has 2 aromatic carbocycles. The number of amides is 1. The largest absolute Gasteiger partial charge is 0.465 e. The third-order valence-corrected chi connectivity index (χ3v) is 7.52. The Bertz CT molecular complexity index is 1140. The van der Waals surface area contributed by atoms with Crippen LogP contribution in [0, 0.1) is 0 Å². The Balaban J connectivity index is 1.96.